The molecular formula is C14H15NO3. The molecule has 0 radical (unpaired) electrons. The Balaban J connectivity index is 2.73. The maximum absolute atomic E-state index is 11.8. The number of carboxylic acid groups (broad SMARTS) is 1. The van der Waals surface area contributed by atoms with Crippen molar-refractivity contribution in [2.45, 2.75) is 6.54 Å². The van der Waals surface area contributed by atoms with E-state index in [4.69, 9.17) is 5.11 Å². The lowest BCUT2D eigenvalue weighted by atomic mass is 10.2. The molecule has 0 spiro atoms. The van der Waals surface area contributed by atoms with Crippen LogP contribution in [0, 0.1) is 0 Å². The van der Waals surface area contributed by atoms with E-state index in [1.807, 2.05) is 30.3 Å². The predicted molar refractivity (Wildman–Crippen MR) is 68.8 cm³/mol. The van der Waals surface area contributed by atoms with Gasteiger partial charge >= 0.3 is 5.97 Å². The number of benzene rings is 1. The van der Waals surface area contributed by atoms with Crippen LogP contribution in [-0.4, -0.2) is 28.4 Å². The minimum absolute atomic E-state index is 0.346. The van der Waals surface area contributed by atoms with Crippen molar-refractivity contribution >= 4 is 11.9 Å². The highest BCUT2D eigenvalue weighted by Crippen LogP contribution is 2.05. The van der Waals surface area contributed by atoms with Crippen LogP contribution in [0.3, 0.4) is 0 Å². The molecule has 0 fully saturated rings. The van der Waals surface area contributed by atoms with Crippen molar-refractivity contribution in [3.05, 3.63) is 60.7 Å². The van der Waals surface area contributed by atoms with Crippen molar-refractivity contribution in [3.63, 3.8) is 0 Å². The van der Waals surface area contributed by atoms with Gasteiger partial charge in [-0.3, -0.25) is 4.79 Å². The Morgan fingerprint density at radius 1 is 1.22 bits per heavy atom. The van der Waals surface area contributed by atoms with Gasteiger partial charge in [0, 0.05) is 25.2 Å². The van der Waals surface area contributed by atoms with Crippen LogP contribution in [-0.2, 0) is 16.1 Å². The first-order valence-electron chi connectivity index (χ1n) is 5.48. The van der Waals surface area contributed by atoms with E-state index in [-0.39, 0.29) is 5.91 Å². The van der Waals surface area contributed by atoms with E-state index in [1.54, 1.807) is 6.08 Å². The average molecular weight is 245 g/mol. The molecule has 0 bridgehead atoms. The summed E-state index contributed by atoms with van der Waals surface area (Å²) in [7, 11) is 0. The molecule has 0 heterocycles. The van der Waals surface area contributed by atoms with Gasteiger partial charge in [0.1, 0.15) is 0 Å². The zero-order chi connectivity index (χ0) is 13.4. The van der Waals surface area contributed by atoms with E-state index in [9.17, 15) is 9.59 Å². The van der Waals surface area contributed by atoms with Crippen molar-refractivity contribution in [2.24, 2.45) is 0 Å². The van der Waals surface area contributed by atoms with Gasteiger partial charge in [-0.05, 0) is 5.56 Å². The number of amides is 1. The minimum atomic E-state index is -1.14. The molecule has 94 valence electrons. The molecule has 0 unspecified atom stereocenters. The summed E-state index contributed by atoms with van der Waals surface area (Å²) >= 11 is 0. The Labute approximate surface area is 106 Å². The van der Waals surface area contributed by atoms with Crippen LogP contribution in [0.2, 0.25) is 0 Å². The number of carboxylic acids is 1. The molecule has 4 heteroatoms. The van der Waals surface area contributed by atoms with Crippen LogP contribution in [0.25, 0.3) is 0 Å². The van der Waals surface area contributed by atoms with Gasteiger partial charge in [0.05, 0.1) is 0 Å². The molecule has 0 atom stereocenters. The van der Waals surface area contributed by atoms with Crippen LogP contribution in [0.15, 0.2) is 55.1 Å². The standard InChI is InChI=1S/C14H15NO3/c1-2-10-15(13(16)8-9-14(17)18)11-12-6-4-3-5-7-12/h2-9H,1,10-11H2,(H,17,18)/b9-8+. The van der Waals surface area contributed by atoms with E-state index >= 15 is 0 Å². The fourth-order valence-electron chi connectivity index (χ4n) is 1.44. The molecule has 1 aromatic carbocycles. The molecule has 18 heavy (non-hydrogen) atoms. The number of aliphatic carboxylic acids is 1. The summed E-state index contributed by atoms with van der Waals surface area (Å²) < 4.78 is 0. The molecule has 0 saturated heterocycles. The largest absolute Gasteiger partial charge is 0.478 e. The maximum atomic E-state index is 11.8. The number of hydrogen-bond acceptors (Lipinski definition) is 2. The first-order chi connectivity index (χ1) is 8.63. The topological polar surface area (TPSA) is 57.6 Å². The molecule has 0 aromatic heterocycles. The molecule has 1 rings (SSSR count). The maximum Gasteiger partial charge on any atom is 0.328 e. The van der Waals surface area contributed by atoms with E-state index in [0.717, 1.165) is 17.7 Å². The van der Waals surface area contributed by atoms with Gasteiger partial charge in [-0.25, -0.2) is 4.79 Å². The van der Waals surface area contributed by atoms with Gasteiger partial charge in [0.25, 0.3) is 0 Å². The molecule has 0 saturated carbocycles. The lowest BCUT2D eigenvalue weighted by Crippen LogP contribution is -2.29. The summed E-state index contributed by atoms with van der Waals surface area (Å²) in [6.07, 6.45) is 3.49. The predicted octanol–water partition coefficient (Wildman–Crippen LogP) is 1.84. The van der Waals surface area contributed by atoms with E-state index in [2.05, 4.69) is 6.58 Å². The average Bonchev–Trinajstić information content (AvgIpc) is 2.36. The van der Waals surface area contributed by atoms with Crippen molar-refractivity contribution in [2.75, 3.05) is 6.54 Å². The van der Waals surface area contributed by atoms with Gasteiger partial charge in [-0.1, -0.05) is 36.4 Å². The van der Waals surface area contributed by atoms with Crippen LogP contribution in [0.5, 0.6) is 0 Å². The highest BCUT2D eigenvalue weighted by atomic mass is 16.4. The van der Waals surface area contributed by atoms with Gasteiger partial charge in [-0.2, -0.15) is 0 Å². The molecule has 1 N–H and O–H groups in total. The summed E-state index contributed by atoms with van der Waals surface area (Å²) in [5, 5.41) is 8.49. The number of nitrogens with zero attached hydrogens (tertiary/aromatic N) is 1. The molecule has 1 amide bonds. The zero-order valence-electron chi connectivity index (χ0n) is 9.95. The molecular weight excluding hydrogens is 230 g/mol. The highest BCUT2D eigenvalue weighted by Gasteiger charge is 2.09. The SMILES string of the molecule is C=CCN(Cc1ccccc1)C(=O)/C=C/C(=O)O. The molecule has 1 aromatic rings. The third-order valence-electron chi connectivity index (χ3n) is 2.25. The lowest BCUT2D eigenvalue weighted by Gasteiger charge is -2.19. The smallest absolute Gasteiger partial charge is 0.328 e. The highest BCUT2D eigenvalue weighted by molar-refractivity contribution is 5.93. The fraction of sp³-hybridized carbons (Fsp3) is 0.143. The summed E-state index contributed by atoms with van der Waals surface area (Å²) in [6.45, 7) is 4.38. The van der Waals surface area contributed by atoms with Crippen LogP contribution in [0.4, 0.5) is 0 Å². The van der Waals surface area contributed by atoms with E-state index < -0.39 is 5.97 Å². The van der Waals surface area contributed by atoms with Crippen LogP contribution in [0.1, 0.15) is 5.56 Å². The summed E-state index contributed by atoms with van der Waals surface area (Å²) in [6, 6.07) is 9.49. The summed E-state index contributed by atoms with van der Waals surface area (Å²) in [5.41, 5.74) is 0.983. The van der Waals surface area contributed by atoms with Crippen molar-refractivity contribution in [3.8, 4) is 0 Å². The van der Waals surface area contributed by atoms with Crippen molar-refractivity contribution in [1.82, 2.24) is 4.90 Å². The number of hydrogen-bond donors (Lipinski definition) is 1. The second kappa shape index (κ2) is 7.06. The lowest BCUT2D eigenvalue weighted by molar-refractivity contribution is -0.132. The Morgan fingerprint density at radius 2 is 1.89 bits per heavy atom. The van der Waals surface area contributed by atoms with E-state index in [0.29, 0.717) is 13.1 Å². The summed E-state index contributed by atoms with van der Waals surface area (Å²) in [4.78, 5) is 23.7. The number of rotatable bonds is 6. The monoisotopic (exact) mass is 245 g/mol. The normalized spacial score (nSPS) is 10.2. The quantitative estimate of drug-likeness (QED) is 0.614. The molecule has 0 aliphatic carbocycles. The van der Waals surface area contributed by atoms with Crippen molar-refractivity contribution < 1.29 is 14.7 Å². The molecule has 0 aliphatic rings. The number of carbonyl (C=O) groups is 2. The first kappa shape index (κ1) is 13.7. The van der Waals surface area contributed by atoms with Gasteiger partial charge in [-0.15, -0.1) is 6.58 Å². The number of carbonyl (C=O) groups excluding carboxylic acids is 1. The van der Waals surface area contributed by atoms with Gasteiger partial charge in [0.2, 0.25) is 5.91 Å². The zero-order valence-corrected chi connectivity index (χ0v) is 9.95. The first-order valence-corrected chi connectivity index (χ1v) is 5.48. The minimum Gasteiger partial charge on any atom is -0.478 e. The Bertz CT molecular complexity index is 451. The Hall–Kier alpha value is -2.36. The van der Waals surface area contributed by atoms with Crippen LogP contribution >= 0.6 is 0 Å². The second-order valence-corrected chi connectivity index (χ2v) is 3.66. The summed E-state index contributed by atoms with van der Waals surface area (Å²) in [5.74, 6) is -1.48. The Kier molecular flexibility index (Phi) is 5.38. The molecule has 0 aliphatic heterocycles. The van der Waals surface area contributed by atoms with Gasteiger partial charge < -0.3 is 10.0 Å². The second-order valence-electron chi connectivity index (χ2n) is 3.66. The van der Waals surface area contributed by atoms with Crippen molar-refractivity contribution in [1.29, 1.82) is 0 Å². The Morgan fingerprint density at radius 3 is 2.44 bits per heavy atom. The van der Waals surface area contributed by atoms with Crippen LogP contribution < -0.4 is 0 Å². The van der Waals surface area contributed by atoms with Gasteiger partial charge in [0.15, 0.2) is 0 Å². The molecule has 4 nitrogen and oxygen atoms in total. The van der Waals surface area contributed by atoms with E-state index in [1.165, 1.54) is 4.90 Å². The third kappa shape index (κ3) is 4.65. The third-order valence-corrected chi connectivity index (χ3v) is 2.25. The fourth-order valence-corrected chi connectivity index (χ4v) is 1.44.